The summed E-state index contributed by atoms with van der Waals surface area (Å²) in [6.07, 6.45) is 5.99. The Labute approximate surface area is 108 Å². The van der Waals surface area contributed by atoms with E-state index in [0.717, 1.165) is 5.92 Å². The van der Waals surface area contributed by atoms with Gasteiger partial charge in [0.25, 0.3) is 0 Å². The van der Waals surface area contributed by atoms with E-state index in [1.165, 1.54) is 23.1 Å². The quantitative estimate of drug-likeness (QED) is 0.587. The molecule has 0 saturated carbocycles. The van der Waals surface area contributed by atoms with Crippen LogP contribution >= 0.6 is 0 Å². The highest BCUT2D eigenvalue weighted by molar-refractivity contribution is 5.41. The summed E-state index contributed by atoms with van der Waals surface area (Å²) in [5, 5.41) is 0. The molecule has 0 N–H and O–H groups in total. The summed E-state index contributed by atoms with van der Waals surface area (Å²) >= 11 is 0. The van der Waals surface area contributed by atoms with E-state index in [9.17, 15) is 0 Å². The maximum absolute atomic E-state index is 2.39. The van der Waals surface area contributed by atoms with Gasteiger partial charge in [0.2, 0.25) is 0 Å². The number of hydrogen-bond acceptors (Lipinski definition) is 0. The average molecular weight is 232 g/mol. The van der Waals surface area contributed by atoms with E-state index in [1.54, 1.807) is 5.57 Å². The first-order chi connectivity index (χ1) is 7.84. The number of hydrogen-bond donors (Lipinski definition) is 0. The number of rotatable bonds is 2. The molecule has 0 fully saturated rings. The van der Waals surface area contributed by atoms with E-state index in [2.05, 4.69) is 60.6 Å². The van der Waals surface area contributed by atoms with E-state index < -0.39 is 0 Å². The Morgan fingerprint density at radius 2 is 1.65 bits per heavy atom. The predicted molar refractivity (Wildman–Crippen MR) is 78.0 cm³/mol. The normalized spacial score (nSPS) is 36.9. The van der Waals surface area contributed by atoms with Crippen molar-refractivity contribution in [1.29, 1.82) is 0 Å². The lowest BCUT2D eigenvalue weighted by Crippen LogP contribution is -2.16. The smallest absolute Gasteiger partial charge is 0.0137 e. The third-order valence-electron chi connectivity index (χ3n) is 4.31. The van der Waals surface area contributed by atoms with Gasteiger partial charge in [0.05, 0.1) is 0 Å². The van der Waals surface area contributed by atoms with Crippen LogP contribution in [-0.2, 0) is 0 Å². The fourth-order valence-corrected chi connectivity index (χ4v) is 2.72. The third kappa shape index (κ3) is 3.34. The lowest BCUT2D eigenvalue weighted by Gasteiger charge is -2.28. The van der Waals surface area contributed by atoms with Crippen LogP contribution in [0, 0.1) is 17.8 Å². The molecule has 1 rings (SSSR count). The SMILES string of the molecule is CC1=C(C)/C(C)=C(/C)C(CC(C)C)C(C)\C=C\1. The molecule has 2 unspecified atom stereocenters. The molecule has 0 radical (unpaired) electrons. The van der Waals surface area contributed by atoms with Crippen LogP contribution in [0.15, 0.2) is 34.4 Å². The second-order valence-corrected chi connectivity index (χ2v) is 6.07. The molecule has 17 heavy (non-hydrogen) atoms. The zero-order valence-electron chi connectivity index (χ0n) is 12.6. The molecule has 2 atom stereocenters. The second-order valence-electron chi connectivity index (χ2n) is 6.07. The minimum absolute atomic E-state index is 0.649. The highest BCUT2D eigenvalue weighted by Crippen LogP contribution is 2.34. The van der Waals surface area contributed by atoms with Gasteiger partial charge in [-0.05, 0) is 68.6 Å². The summed E-state index contributed by atoms with van der Waals surface area (Å²) in [4.78, 5) is 0. The predicted octanol–water partition coefficient (Wildman–Crippen LogP) is 5.53. The Morgan fingerprint density at radius 3 is 2.18 bits per heavy atom. The van der Waals surface area contributed by atoms with Crippen LogP contribution in [0.4, 0.5) is 0 Å². The molecular formula is C17H28. The fraction of sp³-hybridized carbons (Fsp3) is 0.647. The molecular weight excluding hydrogens is 204 g/mol. The first-order valence-electron chi connectivity index (χ1n) is 6.88. The van der Waals surface area contributed by atoms with E-state index in [0.29, 0.717) is 11.8 Å². The van der Waals surface area contributed by atoms with Crippen molar-refractivity contribution in [2.75, 3.05) is 0 Å². The van der Waals surface area contributed by atoms with Gasteiger partial charge in [-0.1, -0.05) is 38.5 Å². The molecule has 0 amide bonds. The molecule has 0 aromatic rings. The topological polar surface area (TPSA) is 0 Å². The van der Waals surface area contributed by atoms with Crippen molar-refractivity contribution in [2.45, 2.75) is 54.9 Å². The highest BCUT2D eigenvalue weighted by Gasteiger charge is 2.21. The number of allylic oxidation sites excluding steroid dienone is 6. The molecule has 0 heteroatoms. The van der Waals surface area contributed by atoms with Gasteiger partial charge in [-0.2, -0.15) is 0 Å². The molecule has 0 aromatic carbocycles. The van der Waals surface area contributed by atoms with Crippen molar-refractivity contribution in [3.8, 4) is 0 Å². The zero-order chi connectivity index (χ0) is 13.2. The lowest BCUT2D eigenvalue weighted by molar-refractivity contribution is 0.386. The van der Waals surface area contributed by atoms with Crippen LogP contribution in [0.2, 0.25) is 0 Å². The molecule has 0 bridgehead atoms. The van der Waals surface area contributed by atoms with Crippen LogP contribution in [0.3, 0.4) is 0 Å². The Kier molecular flexibility index (Phi) is 4.80. The molecule has 1 aliphatic carbocycles. The van der Waals surface area contributed by atoms with E-state index in [-0.39, 0.29) is 0 Å². The molecule has 1 aliphatic rings. The van der Waals surface area contributed by atoms with E-state index in [4.69, 9.17) is 0 Å². The van der Waals surface area contributed by atoms with Gasteiger partial charge in [-0.3, -0.25) is 0 Å². The van der Waals surface area contributed by atoms with Gasteiger partial charge in [0, 0.05) is 0 Å². The van der Waals surface area contributed by atoms with Crippen LogP contribution in [0.1, 0.15) is 54.9 Å². The van der Waals surface area contributed by atoms with Crippen molar-refractivity contribution < 1.29 is 0 Å². The van der Waals surface area contributed by atoms with E-state index >= 15 is 0 Å². The molecule has 0 spiro atoms. The standard InChI is InChI=1S/C17H28/c1-11(2)10-17-13(4)9-8-12(3)14(5)15(6)16(17)7/h8-9,11,13,17H,10H2,1-7H3/b9-8+,14-12-,16-15-. The third-order valence-corrected chi connectivity index (χ3v) is 4.31. The summed E-state index contributed by atoms with van der Waals surface area (Å²) in [5.41, 5.74) is 5.97. The largest absolute Gasteiger partial charge is 0.0808 e. The zero-order valence-corrected chi connectivity index (χ0v) is 12.6. The molecule has 0 saturated heterocycles. The molecule has 0 aliphatic heterocycles. The Hall–Kier alpha value is -0.780. The average Bonchev–Trinajstić information content (AvgIpc) is 2.28. The van der Waals surface area contributed by atoms with Gasteiger partial charge in [0.15, 0.2) is 0 Å². The van der Waals surface area contributed by atoms with Crippen LogP contribution in [-0.4, -0.2) is 0 Å². The minimum atomic E-state index is 0.649. The first-order valence-corrected chi connectivity index (χ1v) is 6.88. The molecule has 0 aromatic heterocycles. The van der Waals surface area contributed by atoms with Gasteiger partial charge >= 0.3 is 0 Å². The van der Waals surface area contributed by atoms with Gasteiger partial charge in [0.1, 0.15) is 0 Å². The summed E-state index contributed by atoms with van der Waals surface area (Å²) in [5.74, 6) is 2.12. The molecule has 0 nitrogen and oxygen atoms in total. The van der Waals surface area contributed by atoms with Gasteiger partial charge in [-0.15, -0.1) is 0 Å². The second kappa shape index (κ2) is 5.71. The lowest BCUT2D eigenvalue weighted by atomic mass is 9.77. The van der Waals surface area contributed by atoms with Gasteiger partial charge < -0.3 is 0 Å². The summed E-state index contributed by atoms with van der Waals surface area (Å²) in [6, 6.07) is 0. The Morgan fingerprint density at radius 1 is 1.06 bits per heavy atom. The van der Waals surface area contributed by atoms with Crippen molar-refractivity contribution in [3.05, 3.63) is 34.4 Å². The summed E-state index contributed by atoms with van der Waals surface area (Å²) in [7, 11) is 0. The molecule has 0 heterocycles. The minimum Gasteiger partial charge on any atom is -0.0808 e. The van der Waals surface area contributed by atoms with Crippen LogP contribution < -0.4 is 0 Å². The maximum Gasteiger partial charge on any atom is -0.0137 e. The van der Waals surface area contributed by atoms with Gasteiger partial charge in [-0.25, -0.2) is 0 Å². The molecule has 96 valence electrons. The summed E-state index contributed by atoms with van der Waals surface area (Å²) in [6.45, 7) is 16.1. The summed E-state index contributed by atoms with van der Waals surface area (Å²) < 4.78 is 0. The highest BCUT2D eigenvalue weighted by atomic mass is 14.3. The van der Waals surface area contributed by atoms with Crippen molar-refractivity contribution in [1.82, 2.24) is 0 Å². The first kappa shape index (κ1) is 14.3. The van der Waals surface area contributed by atoms with Crippen LogP contribution in [0.5, 0.6) is 0 Å². The van der Waals surface area contributed by atoms with Crippen molar-refractivity contribution in [2.24, 2.45) is 17.8 Å². The van der Waals surface area contributed by atoms with Crippen LogP contribution in [0.25, 0.3) is 0 Å². The van der Waals surface area contributed by atoms with Crippen molar-refractivity contribution >= 4 is 0 Å². The Balaban J connectivity index is 3.20. The van der Waals surface area contributed by atoms with Crippen molar-refractivity contribution in [3.63, 3.8) is 0 Å². The Bertz CT molecular complexity index is 363. The monoisotopic (exact) mass is 232 g/mol. The maximum atomic E-state index is 2.39. The van der Waals surface area contributed by atoms with E-state index in [1.807, 2.05) is 0 Å². The fourth-order valence-electron chi connectivity index (χ4n) is 2.72.